The van der Waals surface area contributed by atoms with Crippen LogP contribution in [0.4, 0.5) is 5.82 Å². The molecule has 0 fully saturated rings. The van der Waals surface area contributed by atoms with E-state index in [1.54, 1.807) is 18.3 Å². The van der Waals surface area contributed by atoms with Gasteiger partial charge in [0.05, 0.1) is 12.7 Å². The first-order valence-corrected chi connectivity index (χ1v) is 6.03. The smallest absolute Gasteiger partial charge is 0.338 e. The third-order valence-electron chi connectivity index (χ3n) is 2.83. The molecule has 0 radical (unpaired) electrons. The lowest BCUT2D eigenvalue weighted by atomic mass is 10.2. The molecule has 0 aliphatic rings. The van der Waals surface area contributed by atoms with Gasteiger partial charge in [-0.3, -0.25) is 0 Å². The number of carbonyl (C=O) groups is 1. The van der Waals surface area contributed by atoms with Gasteiger partial charge in [0.15, 0.2) is 0 Å². The predicted octanol–water partition coefficient (Wildman–Crippen LogP) is 1.62. The number of hydrogen-bond acceptors (Lipinski definition) is 5. The van der Waals surface area contributed by atoms with Crippen molar-refractivity contribution in [2.75, 3.05) is 32.6 Å². The number of anilines is 1. The van der Waals surface area contributed by atoms with Crippen molar-refractivity contribution in [1.82, 2.24) is 9.88 Å². The van der Waals surface area contributed by atoms with Gasteiger partial charge in [0, 0.05) is 25.3 Å². The summed E-state index contributed by atoms with van der Waals surface area (Å²) in [6, 6.07) is 3.85. The molecule has 0 amide bonds. The Labute approximate surface area is 108 Å². The third kappa shape index (κ3) is 4.33. The van der Waals surface area contributed by atoms with Crippen molar-refractivity contribution in [1.29, 1.82) is 0 Å². The van der Waals surface area contributed by atoms with Gasteiger partial charge in [0.2, 0.25) is 0 Å². The van der Waals surface area contributed by atoms with Crippen LogP contribution in [0.15, 0.2) is 18.3 Å². The standard InChI is InChI=1S/C13H21N3O2/c1-10(2)16(3)8-7-15-12-9-11(5-6-14-12)13(17)18-4/h5-6,9-10H,7-8H2,1-4H3,(H,14,15). The van der Waals surface area contributed by atoms with Crippen LogP contribution in [0.2, 0.25) is 0 Å². The van der Waals surface area contributed by atoms with Crippen molar-refractivity contribution < 1.29 is 9.53 Å². The van der Waals surface area contributed by atoms with Gasteiger partial charge in [0.1, 0.15) is 5.82 Å². The van der Waals surface area contributed by atoms with Crippen molar-refractivity contribution in [2.45, 2.75) is 19.9 Å². The van der Waals surface area contributed by atoms with Gasteiger partial charge in [-0.15, -0.1) is 0 Å². The van der Waals surface area contributed by atoms with Crippen molar-refractivity contribution in [3.05, 3.63) is 23.9 Å². The Balaban J connectivity index is 2.50. The highest BCUT2D eigenvalue weighted by Crippen LogP contribution is 2.07. The number of pyridine rings is 1. The zero-order valence-electron chi connectivity index (χ0n) is 11.4. The predicted molar refractivity (Wildman–Crippen MR) is 71.8 cm³/mol. The van der Waals surface area contributed by atoms with Crippen LogP contribution < -0.4 is 5.32 Å². The van der Waals surface area contributed by atoms with Gasteiger partial charge in [-0.05, 0) is 33.0 Å². The van der Waals surface area contributed by atoms with E-state index in [0.29, 0.717) is 17.4 Å². The number of carbonyl (C=O) groups excluding carboxylic acids is 1. The molecule has 5 nitrogen and oxygen atoms in total. The quantitative estimate of drug-likeness (QED) is 0.779. The fraction of sp³-hybridized carbons (Fsp3) is 0.538. The summed E-state index contributed by atoms with van der Waals surface area (Å²) in [6.45, 7) is 6.00. The summed E-state index contributed by atoms with van der Waals surface area (Å²) >= 11 is 0. The zero-order chi connectivity index (χ0) is 13.5. The van der Waals surface area contributed by atoms with Gasteiger partial charge in [-0.2, -0.15) is 0 Å². The molecule has 1 aromatic heterocycles. The number of nitrogens with zero attached hydrogens (tertiary/aromatic N) is 2. The van der Waals surface area contributed by atoms with Crippen LogP contribution in [-0.2, 0) is 4.74 Å². The third-order valence-corrected chi connectivity index (χ3v) is 2.83. The van der Waals surface area contributed by atoms with E-state index in [1.165, 1.54) is 7.11 Å². The lowest BCUT2D eigenvalue weighted by Gasteiger charge is -2.21. The molecule has 0 atom stereocenters. The van der Waals surface area contributed by atoms with Gasteiger partial charge in [-0.1, -0.05) is 0 Å². The summed E-state index contributed by atoms with van der Waals surface area (Å²) < 4.78 is 4.66. The molecular formula is C13H21N3O2. The molecule has 1 N–H and O–H groups in total. The van der Waals surface area contributed by atoms with Gasteiger partial charge in [-0.25, -0.2) is 9.78 Å². The van der Waals surface area contributed by atoms with E-state index >= 15 is 0 Å². The minimum atomic E-state index is -0.347. The number of nitrogens with one attached hydrogen (secondary N) is 1. The minimum absolute atomic E-state index is 0.347. The van der Waals surface area contributed by atoms with Crippen LogP contribution >= 0.6 is 0 Å². The van der Waals surface area contributed by atoms with Crippen LogP contribution in [0.1, 0.15) is 24.2 Å². The Kier molecular flexibility index (Phi) is 5.58. The SMILES string of the molecule is COC(=O)c1ccnc(NCCN(C)C(C)C)c1. The monoisotopic (exact) mass is 251 g/mol. The molecule has 5 heteroatoms. The number of ether oxygens (including phenoxy) is 1. The van der Waals surface area contributed by atoms with E-state index in [1.807, 2.05) is 0 Å². The molecule has 1 heterocycles. The Bertz CT molecular complexity index is 394. The van der Waals surface area contributed by atoms with Crippen molar-refractivity contribution in [3.63, 3.8) is 0 Å². The zero-order valence-corrected chi connectivity index (χ0v) is 11.4. The molecule has 1 aromatic rings. The molecule has 1 rings (SSSR count). The molecule has 0 aliphatic heterocycles. The lowest BCUT2D eigenvalue weighted by molar-refractivity contribution is 0.0600. The summed E-state index contributed by atoms with van der Waals surface area (Å²) in [7, 11) is 3.44. The normalized spacial score (nSPS) is 10.8. The lowest BCUT2D eigenvalue weighted by Crippen LogP contribution is -2.31. The first-order valence-electron chi connectivity index (χ1n) is 6.03. The second-order valence-electron chi connectivity index (χ2n) is 4.42. The molecule has 0 unspecified atom stereocenters. The molecular weight excluding hydrogens is 230 g/mol. The van der Waals surface area contributed by atoms with E-state index in [2.05, 4.69) is 40.8 Å². The second kappa shape index (κ2) is 6.96. The number of methoxy groups -OCH3 is 1. The molecule has 0 saturated heterocycles. The Morgan fingerprint density at radius 1 is 1.56 bits per heavy atom. The molecule has 100 valence electrons. The second-order valence-corrected chi connectivity index (χ2v) is 4.42. The van der Waals surface area contributed by atoms with Crippen molar-refractivity contribution in [3.8, 4) is 0 Å². The first kappa shape index (κ1) is 14.4. The number of rotatable bonds is 6. The van der Waals surface area contributed by atoms with Crippen LogP contribution in [0.25, 0.3) is 0 Å². The maximum Gasteiger partial charge on any atom is 0.338 e. The molecule has 0 aliphatic carbocycles. The van der Waals surface area contributed by atoms with E-state index in [4.69, 9.17) is 0 Å². The summed E-state index contributed by atoms with van der Waals surface area (Å²) in [5.74, 6) is 0.342. The summed E-state index contributed by atoms with van der Waals surface area (Å²) in [6.07, 6.45) is 1.60. The number of aromatic nitrogens is 1. The molecule has 0 saturated carbocycles. The van der Waals surface area contributed by atoms with Crippen LogP contribution in [-0.4, -0.2) is 49.1 Å². The molecule has 0 bridgehead atoms. The number of esters is 1. The number of hydrogen-bond donors (Lipinski definition) is 1. The number of likely N-dealkylation sites (N-methyl/N-ethyl adjacent to an activating group) is 1. The van der Waals surface area contributed by atoms with Crippen LogP contribution in [0, 0.1) is 0 Å². The van der Waals surface area contributed by atoms with Gasteiger partial charge >= 0.3 is 5.97 Å². The van der Waals surface area contributed by atoms with Gasteiger partial charge < -0.3 is 15.0 Å². The topological polar surface area (TPSA) is 54.5 Å². The van der Waals surface area contributed by atoms with Gasteiger partial charge in [0.25, 0.3) is 0 Å². The summed E-state index contributed by atoms with van der Waals surface area (Å²) in [4.78, 5) is 17.7. The highest BCUT2D eigenvalue weighted by Gasteiger charge is 2.06. The minimum Gasteiger partial charge on any atom is -0.465 e. The fourth-order valence-electron chi connectivity index (χ4n) is 1.39. The highest BCUT2D eigenvalue weighted by molar-refractivity contribution is 5.89. The van der Waals surface area contributed by atoms with E-state index < -0.39 is 0 Å². The first-order chi connectivity index (χ1) is 8.54. The average molecular weight is 251 g/mol. The molecule has 0 aromatic carbocycles. The maximum absolute atomic E-state index is 11.4. The van der Waals surface area contributed by atoms with Crippen LogP contribution in [0.3, 0.4) is 0 Å². The maximum atomic E-state index is 11.4. The summed E-state index contributed by atoms with van der Waals surface area (Å²) in [5, 5.41) is 3.19. The van der Waals surface area contributed by atoms with E-state index in [-0.39, 0.29) is 5.97 Å². The Hall–Kier alpha value is -1.62. The summed E-state index contributed by atoms with van der Waals surface area (Å²) in [5.41, 5.74) is 0.507. The largest absolute Gasteiger partial charge is 0.465 e. The van der Waals surface area contributed by atoms with Crippen molar-refractivity contribution in [2.24, 2.45) is 0 Å². The molecule has 18 heavy (non-hydrogen) atoms. The Morgan fingerprint density at radius 2 is 2.28 bits per heavy atom. The van der Waals surface area contributed by atoms with E-state index in [0.717, 1.165) is 13.1 Å². The average Bonchev–Trinajstić information content (AvgIpc) is 2.37. The fourth-order valence-corrected chi connectivity index (χ4v) is 1.39. The van der Waals surface area contributed by atoms with E-state index in [9.17, 15) is 4.79 Å². The van der Waals surface area contributed by atoms with Crippen LogP contribution in [0.5, 0.6) is 0 Å². The highest BCUT2D eigenvalue weighted by atomic mass is 16.5. The Morgan fingerprint density at radius 3 is 2.89 bits per heavy atom. The molecule has 0 spiro atoms. The van der Waals surface area contributed by atoms with Crippen molar-refractivity contribution >= 4 is 11.8 Å².